The van der Waals surface area contributed by atoms with Crippen LogP contribution in [-0.4, -0.2) is 17.5 Å². The van der Waals surface area contributed by atoms with Crippen LogP contribution in [0.25, 0.3) is 0 Å². The Hall–Kier alpha value is -2.62. The van der Waals surface area contributed by atoms with Crippen molar-refractivity contribution in [3.8, 4) is 0 Å². The summed E-state index contributed by atoms with van der Waals surface area (Å²) in [7, 11) is 0. The highest BCUT2D eigenvalue weighted by Crippen LogP contribution is 2.65. The number of hydrogen-bond donors (Lipinski definition) is 1. The minimum absolute atomic E-state index is 0.209. The average molecular weight is 363 g/mol. The molecule has 1 N–H and O–H groups in total. The SMILES string of the molecule is CC1(C)[C@@]2(C)CC[C@]1(C(=O)NC(c1ccccc1)c1ccccc1)OC2=O. The summed E-state index contributed by atoms with van der Waals surface area (Å²) in [5.41, 5.74) is -0.285. The molecule has 0 unspecified atom stereocenters. The van der Waals surface area contributed by atoms with E-state index in [1.807, 2.05) is 81.4 Å². The average Bonchev–Trinajstić information content (AvgIpc) is 2.97. The van der Waals surface area contributed by atoms with Gasteiger partial charge >= 0.3 is 5.97 Å². The lowest BCUT2D eigenvalue weighted by Crippen LogP contribution is -2.54. The standard InChI is InChI=1S/C23H25NO3/c1-21(2)22(3)14-15-23(21,27-20(22)26)19(25)24-18(16-10-6-4-7-11-16)17-12-8-5-9-13-17/h4-13,18H,14-15H2,1-3H3,(H,24,25)/t22-,23+/m0/s1. The van der Waals surface area contributed by atoms with Gasteiger partial charge in [-0.15, -0.1) is 0 Å². The first-order valence-electron chi connectivity index (χ1n) is 9.46. The molecule has 2 fully saturated rings. The molecule has 0 aromatic heterocycles. The summed E-state index contributed by atoms with van der Waals surface area (Å²) < 4.78 is 5.75. The van der Waals surface area contributed by atoms with Crippen LogP contribution in [0.3, 0.4) is 0 Å². The molecular formula is C23H25NO3. The van der Waals surface area contributed by atoms with Gasteiger partial charge in [-0.2, -0.15) is 0 Å². The van der Waals surface area contributed by atoms with Gasteiger partial charge in [0.2, 0.25) is 0 Å². The number of amides is 1. The summed E-state index contributed by atoms with van der Waals surface area (Å²) in [5.74, 6) is -0.468. The van der Waals surface area contributed by atoms with Crippen molar-refractivity contribution in [1.82, 2.24) is 5.32 Å². The van der Waals surface area contributed by atoms with Crippen molar-refractivity contribution in [3.05, 3.63) is 71.8 Å². The van der Waals surface area contributed by atoms with E-state index in [1.54, 1.807) is 0 Å². The van der Waals surface area contributed by atoms with Gasteiger partial charge in [0.05, 0.1) is 11.5 Å². The van der Waals surface area contributed by atoms with Crippen molar-refractivity contribution < 1.29 is 14.3 Å². The summed E-state index contributed by atoms with van der Waals surface area (Å²) in [5, 5.41) is 3.19. The Kier molecular flexibility index (Phi) is 3.91. The van der Waals surface area contributed by atoms with Crippen LogP contribution >= 0.6 is 0 Å². The van der Waals surface area contributed by atoms with Gasteiger partial charge in [0.25, 0.3) is 5.91 Å². The molecular weight excluding hydrogens is 338 g/mol. The van der Waals surface area contributed by atoms with E-state index in [2.05, 4.69) is 5.32 Å². The Morgan fingerprint density at radius 3 is 1.85 bits per heavy atom. The van der Waals surface area contributed by atoms with Crippen LogP contribution in [0.2, 0.25) is 0 Å². The Bertz CT molecular complexity index is 838. The van der Waals surface area contributed by atoms with Crippen molar-refractivity contribution in [2.75, 3.05) is 0 Å². The van der Waals surface area contributed by atoms with Crippen molar-refractivity contribution >= 4 is 11.9 Å². The number of benzene rings is 2. The maximum atomic E-state index is 13.5. The normalized spacial score (nSPS) is 28.2. The van der Waals surface area contributed by atoms with Crippen LogP contribution in [0, 0.1) is 10.8 Å². The van der Waals surface area contributed by atoms with Gasteiger partial charge in [-0.1, -0.05) is 74.5 Å². The first-order valence-corrected chi connectivity index (χ1v) is 9.46. The van der Waals surface area contributed by atoms with Gasteiger partial charge in [0, 0.05) is 5.41 Å². The van der Waals surface area contributed by atoms with Gasteiger partial charge in [-0.05, 0) is 30.9 Å². The highest BCUT2D eigenvalue weighted by molar-refractivity contribution is 5.96. The fourth-order valence-corrected chi connectivity index (χ4v) is 4.64. The molecule has 1 heterocycles. The Labute approximate surface area is 159 Å². The summed E-state index contributed by atoms with van der Waals surface area (Å²) in [4.78, 5) is 26.0. The van der Waals surface area contributed by atoms with Crippen LogP contribution in [0.1, 0.15) is 50.8 Å². The monoisotopic (exact) mass is 363 g/mol. The van der Waals surface area contributed by atoms with Crippen LogP contribution in [0.15, 0.2) is 60.7 Å². The number of fused-ring (bicyclic) bond motifs is 2. The molecule has 1 saturated carbocycles. The third-order valence-electron chi connectivity index (χ3n) is 6.99. The second kappa shape index (κ2) is 5.95. The quantitative estimate of drug-likeness (QED) is 0.835. The molecule has 4 rings (SSSR count). The van der Waals surface area contributed by atoms with Gasteiger partial charge in [0.1, 0.15) is 0 Å². The molecule has 1 amide bonds. The molecule has 2 bridgehead atoms. The summed E-state index contributed by atoms with van der Waals surface area (Å²) in [6.45, 7) is 5.87. The van der Waals surface area contributed by atoms with Gasteiger partial charge in [0.15, 0.2) is 5.60 Å². The molecule has 2 aliphatic rings. The highest BCUT2D eigenvalue weighted by Gasteiger charge is 2.75. The van der Waals surface area contributed by atoms with E-state index in [1.165, 1.54) is 0 Å². The van der Waals surface area contributed by atoms with E-state index in [-0.39, 0.29) is 17.9 Å². The molecule has 2 aromatic carbocycles. The molecule has 2 atom stereocenters. The van der Waals surface area contributed by atoms with Crippen molar-refractivity contribution in [3.63, 3.8) is 0 Å². The second-order valence-electron chi connectivity index (χ2n) is 8.40. The summed E-state index contributed by atoms with van der Waals surface area (Å²) in [6, 6.07) is 19.5. The maximum Gasteiger partial charge on any atom is 0.313 e. The summed E-state index contributed by atoms with van der Waals surface area (Å²) >= 11 is 0. The number of esters is 1. The lowest BCUT2D eigenvalue weighted by atomic mass is 9.66. The number of ether oxygens (including phenoxy) is 1. The molecule has 1 saturated heterocycles. The van der Waals surface area contributed by atoms with E-state index >= 15 is 0 Å². The molecule has 27 heavy (non-hydrogen) atoms. The van der Waals surface area contributed by atoms with E-state index in [0.717, 1.165) is 11.1 Å². The number of nitrogens with one attached hydrogen (secondary N) is 1. The Balaban J connectivity index is 1.71. The molecule has 4 heteroatoms. The predicted molar refractivity (Wildman–Crippen MR) is 103 cm³/mol. The maximum absolute atomic E-state index is 13.5. The van der Waals surface area contributed by atoms with Gasteiger partial charge in [-0.25, -0.2) is 0 Å². The Morgan fingerprint density at radius 2 is 1.44 bits per heavy atom. The summed E-state index contributed by atoms with van der Waals surface area (Å²) in [6.07, 6.45) is 1.23. The number of carbonyl (C=O) groups excluding carboxylic acids is 2. The van der Waals surface area contributed by atoms with Crippen LogP contribution in [-0.2, 0) is 14.3 Å². The van der Waals surface area contributed by atoms with Crippen molar-refractivity contribution in [2.45, 2.75) is 45.3 Å². The second-order valence-corrected chi connectivity index (χ2v) is 8.40. The molecule has 0 radical (unpaired) electrons. The number of hydrogen-bond acceptors (Lipinski definition) is 3. The Morgan fingerprint density at radius 1 is 0.926 bits per heavy atom. The van der Waals surface area contributed by atoms with E-state index < -0.39 is 16.4 Å². The van der Waals surface area contributed by atoms with E-state index in [9.17, 15) is 9.59 Å². The molecule has 1 aliphatic heterocycles. The number of carbonyl (C=O) groups is 2. The molecule has 1 aliphatic carbocycles. The van der Waals surface area contributed by atoms with E-state index in [4.69, 9.17) is 4.74 Å². The zero-order valence-electron chi connectivity index (χ0n) is 16.0. The number of rotatable bonds is 4. The lowest BCUT2D eigenvalue weighted by Gasteiger charge is -2.36. The fraction of sp³-hybridized carbons (Fsp3) is 0.391. The van der Waals surface area contributed by atoms with Crippen LogP contribution < -0.4 is 5.32 Å². The van der Waals surface area contributed by atoms with Crippen LogP contribution in [0.5, 0.6) is 0 Å². The third kappa shape index (κ3) is 2.35. The van der Waals surface area contributed by atoms with Gasteiger partial charge < -0.3 is 10.1 Å². The largest absolute Gasteiger partial charge is 0.448 e. The predicted octanol–water partition coefficient (Wildman–Crippen LogP) is 4.01. The smallest absolute Gasteiger partial charge is 0.313 e. The minimum atomic E-state index is -1.11. The molecule has 140 valence electrons. The minimum Gasteiger partial charge on any atom is -0.448 e. The molecule has 2 aromatic rings. The fourth-order valence-electron chi connectivity index (χ4n) is 4.64. The zero-order valence-corrected chi connectivity index (χ0v) is 16.0. The van der Waals surface area contributed by atoms with E-state index in [0.29, 0.717) is 12.8 Å². The zero-order chi connectivity index (χ0) is 19.3. The lowest BCUT2D eigenvalue weighted by molar-refractivity contribution is -0.168. The van der Waals surface area contributed by atoms with Crippen molar-refractivity contribution in [1.29, 1.82) is 0 Å². The van der Waals surface area contributed by atoms with Crippen molar-refractivity contribution in [2.24, 2.45) is 10.8 Å². The van der Waals surface area contributed by atoms with Gasteiger partial charge in [-0.3, -0.25) is 9.59 Å². The topological polar surface area (TPSA) is 55.4 Å². The molecule has 0 spiro atoms. The highest BCUT2D eigenvalue weighted by atomic mass is 16.6. The van der Waals surface area contributed by atoms with Crippen LogP contribution in [0.4, 0.5) is 0 Å². The molecule has 4 nitrogen and oxygen atoms in total. The first-order chi connectivity index (χ1) is 12.8. The first kappa shape index (κ1) is 17.8. The third-order valence-corrected chi connectivity index (χ3v) is 6.99.